The van der Waals surface area contributed by atoms with E-state index >= 15 is 0 Å². The van der Waals surface area contributed by atoms with Crippen molar-refractivity contribution in [2.24, 2.45) is 0 Å². The predicted molar refractivity (Wildman–Crippen MR) is 81.5 cm³/mol. The van der Waals surface area contributed by atoms with Crippen molar-refractivity contribution < 1.29 is 17.6 Å². The molecule has 2 unspecified atom stereocenters. The minimum Gasteiger partial charge on any atom is -0.464 e. The Morgan fingerprint density at radius 3 is 2.81 bits per heavy atom. The first kappa shape index (κ1) is 16.3. The molecule has 0 spiro atoms. The SMILES string of the molecule is CCc1ccc(C(COC)NS(=O)(=O)C2CC=CCC2)o1. The van der Waals surface area contributed by atoms with Crippen LogP contribution in [0, 0.1) is 0 Å². The molecule has 1 aliphatic carbocycles. The molecule has 0 saturated heterocycles. The van der Waals surface area contributed by atoms with Crippen LogP contribution >= 0.6 is 0 Å². The summed E-state index contributed by atoms with van der Waals surface area (Å²) < 4.78 is 38.5. The topological polar surface area (TPSA) is 68.5 Å². The Morgan fingerprint density at radius 2 is 2.24 bits per heavy atom. The molecular formula is C15H23NO4S. The lowest BCUT2D eigenvalue weighted by Gasteiger charge is -2.22. The molecule has 0 aliphatic heterocycles. The fraction of sp³-hybridized carbons (Fsp3) is 0.600. The van der Waals surface area contributed by atoms with Crippen LogP contribution in [0.2, 0.25) is 0 Å². The van der Waals surface area contributed by atoms with Gasteiger partial charge in [-0.15, -0.1) is 0 Å². The smallest absolute Gasteiger partial charge is 0.215 e. The number of ether oxygens (including phenoxy) is 1. The van der Waals surface area contributed by atoms with Gasteiger partial charge in [-0.25, -0.2) is 13.1 Å². The van der Waals surface area contributed by atoms with E-state index in [4.69, 9.17) is 9.15 Å². The number of aryl methyl sites for hydroxylation is 1. The second kappa shape index (κ2) is 7.24. The highest BCUT2D eigenvalue weighted by atomic mass is 32.2. The second-order valence-electron chi connectivity index (χ2n) is 5.23. The molecule has 21 heavy (non-hydrogen) atoms. The first-order valence-electron chi connectivity index (χ1n) is 7.30. The normalized spacial score (nSPS) is 20.6. The highest BCUT2D eigenvalue weighted by Gasteiger charge is 2.29. The van der Waals surface area contributed by atoms with E-state index < -0.39 is 16.1 Å². The van der Waals surface area contributed by atoms with E-state index in [2.05, 4.69) is 4.72 Å². The molecule has 2 atom stereocenters. The average Bonchev–Trinajstić information content (AvgIpc) is 2.96. The second-order valence-corrected chi connectivity index (χ2v) is 7.23. The lowest BCUT2D eigenvalue weighted by atomic mass is 10.1. The molecule has 5 nitrogen and oxygen atoms in total. The van der Waals surface area contributed by atoms with Crippen molar-refractivity contribution in [3.05, 3.63) is 35.8 Å². The summed E-state index contributed by atoms with van der Waals surface area (Å²) in [5.41, 5.74) is 0. The highest BCUT2D eigenvalue weighted by molar-refractivity contribution is 7.90. The van der Waals surface area contributed by atoms with Crippen molar-refractivity contribution in [3.63, 3.8) is 0 Å². The summed E-state index contributed by atoms with van der Waals surface area (Å²) in [6.45, 7) is 2.24. The standard InChI is InChI=1S/C15H23NO4S/c1-3-12-9-10-15(20-12)14(11-19-2)16-21(17,18)13-7-5-4-6-8-13/h4-5,9-10,13-14,16H,3,6-8,11H2,1-2H3. The van der Waals surface area contributed by atoms with Crippen LogP contribution in [-0.4, -0.2) is 27.4 Å². The molecule has 2 rings (SSSR count). The van der Waals surface area contributed by atoms with Crippen LogP contribution in [0.1, 0.15) is 43.7 Å². The van der Waals surface area contributed by atoms with E-state index in [1.807, 2.05) is 31.2 Å². The Balaban J connectivity index is 2.13. The average molecular weight is 313 g/mol. The molecule has 0 fully saturated rings. The summed E-state index contributed by atoms with van der Waals surface area (Å²) in [6, 6.07) is 3.20. The van der Waals surface area contributed by atoms with Gasteiger partial charge in [-0.1, -0.05) is 19.1 Å². The lowest BCUT2D eigenvalue weighted by molar-refractivity contribution is 0.165. The summed E-state index contributed by atoms with van der Waals surface area (Å²) in [5, 5.41) is -0.373. The summed E-state index contributed by atoms with van der Waals surface area (Å²) in [4.78, 5) is 0. The van der Waals surface area contributed by atoms with Crippen molar-refractivity contribution >= 4 is 10.0 Å². The van der Waals surface area contributed by atoms with Gasteiger partial charge in [0, 0.05) is 13.5 Å². The maximum atomic E-state index is 12.5. The van der Waals surface area contributed by atoms with Gasteiger partial charge < -0.3 is 9.15 Å². The molecule has 0 saturated carbocycles. The van der Waals surface area contributed by atoms with Crippen LogP contribution in [0.4, 0.5) is 0 Å². The van der Waals surface area contributed by atoms with Gasteiger partial charge in [-0.3, -0.25) is 0 Å². The van der Waals surface area contributed by atoms with Crippen molar-refractivity contribution in [2.75, 3.05) is 13.7 Å². The molecule has 1 N–H and O–H groups in total. The molecule has 1 heterocycles. The van der Waals surface area contributed by atoms with Gasteiger partial charge in [0.25, 0.3) is 0 Å². The molecule has 6 heteroatoms. The quantitative estimate of drug-likeness (QED) is 0.786. The summed E-state index contributed by atoms with van der Waals surface area (Å²) in [6.07, 6.45) is 6.76. The van der Waals surface area contributed by atoms with Gasteiger partial charge in [-0.2, -0.15) is 0 Å². The molecule has 0 radical (unpaired) electrons. The highest BCUT2D eigenvalue weighted by Crippen LogP contribution is 2.23. The third kappa shape index (κ3) is 4.18. The first-order valence-corrected chi connectivity index (χ1v) is 8.85. The van der Waals surface area contributed by atoms with Gasteiger partial charge in [0.2, 0.25) is 10.0 Å². The third-order valence-corrected chi connectivity index (χ3v) is 5.59. The van der Waals surface area contributed by atoms with Crippen molar-refractivity contribution in [1.29, 1.82) is 0 Å². The van der Waals surface area contributed by atoms with Gasteiger partial charge in [0.1, 0.15) is 17.6 Å². The number of methoxy groups -OCH3 is 1. The Morgan fingerprint density at radius 1 is 1.43 bits per heavy atom. The number of rotatable bonds is 7. The van der Waals surface area contributed by atoms with Gasteiger partial charge >= 0.3 is 0 Å². The Hall–Kier alpha value is -1.11. The minimum absolute atomic E-state index is 0.248. The molecule has 1 aromatic heterocycles. The number of nitrogens with one attached hydrogen (secondary N) is 1. The monoisotopic (exact) mass is 313 g/mol. The van der Waals surface area contributed by atoms with E-state index in [-0.39, 0.29) is 11.9 Å². The van der Waals surface area contributed by atoms with Crippen LogP contribution in [-0.2, 0) is 21.2 Å². The molecule has 118 valence electrons. The van der Waals surface area contributed by atoms with Crippen molar-refractivity contribution in [1.82, 2.24) is 4.72 Å². The molecule has 1 aromatic rings. The van der Waals surface area contributed by atoms with Crippen molar-refractivity contribution in [2.45, 2.75) is 43.9 Å². The molecule has 0 bridgehead atoms. The summed E-state index contributed by atoms with van der Waals surface area (Å²) in [5.74, 6) is 1.44. The zero-order valence-corrected chi connectivity index (χ0v) is 13.4. The van der Waals surface area contributed by atoms with Crippen LogP contribution in [0.5, 0.6) is 0 Å². The van der Waals surface area contributed by atoms with E-state index in [1.54, 1.807) is 7.11 Å². The number of furan rings is 1. The van der Waals surface area contributed by atoms with E-state index in [9.17, 15) is 8.42 Å². The zero-order chi connectivity index (χ0) is 15.3. The largest absolute Gasteiger partial charge is 0.464 e. The predicted octanol–water partition coefficient (Wildman–Crippen LogP) is 2.56. The third-order valence-electron chi connectivity index (χ3n) is 3.67. The van der Waals surface area contributed by atoms with E-state index in [0.29, 0.717) is 18.6 Å². The van der Waals surface area contributed by atoms with Crippen LogP contribution in [0.3, 0.4) is 0 Å². The van der Waals surface area contributed by atoms with Crippen molar-refractivity contribution in [3.8, 4) is 0 Å². The number of hydrogen-bond donors (Lipinski definition) is 1. The molecule has 1 aliphatic rings. The van der Waals surface area contributed by atoms with Gasteiger partial charge in [0.15, 0.2) is 0 Å². The molecule has 0 aromatic carbocycles. The number of allylic oxidation sites excluding steroid dienone is 2. The zero-order valence-electron chi connectivity index (χ0n) is 12.5. The maximum absolute atomic E-state index is 12.5. The maximum Gasteiger partial charge on any atom is 0.215 e. The summed E-state index contributed by atoms with van der Waals surface area (Å²) >= 11 is 0. The van der Waals surface area contributed by atoms with Gasteiger partial charge in [0.05, 0.1) is 11.9 Å². The minimum atomic E-state index is -3.39. The van der Waals surface area contributed by atoms with E-state index in [0.717, 1.165) is 18.6 Å². The fourth-order valence-electron chi connectivity index (χ4n) is 2.45. The van der Waals surface area contributed by atoms with Crippen LogP contribution in [0.25, 0.3) is 0 Å². The molecular weight excluding hydrogens is 290 g/mol. The van der Waals surface area contributed by atoms with Crippen LogP contribution < -0.4 is 4.72 Å². The van der Waals surface area contributed by atoms with Crippen LogP contribution in [0.15, 0.2) is 28.7 Å². The first-order chi connectivity index (χ1) is 10.1. The van der Waals surface area contributed by atoms with E-state index in [1.165, 1.54) is 0 Å². The fourth-order valence-corrected chi connectivity index (χ4v) is 4.04. The lowest BCUT2D eigenvalue weighted by Crippen LogP contribution is -2.38. The number of sulfonamides is 1. The Bertz CT molecular complexity index is 576. The Kier molecular flexibility index (Phi) is 5.61. The molecule has 0 amide bonds. The Labute approximate surface area is 126 Å². The van der Waals surface area contributed by atoms with Gasteiger partial charge in [-0.05, 0) is 31.4 Å². The summed E-state index contributed by atoms with van der Waals surface area (Å²) in [7, 11) is -1.84. The number of hydrogen-bond acceptors (Lipinski definition) is 4.